The fourth-order valence-electron chi connectivity index (χ4n) is 2.93. The van der Waals surface area contributed by atoms with Crippen molar-refractivity contribution in [3.05, 3.63) is 71.9 Å². The Morgan fingerprint density at radius 1 is 1.08 bits per heavy atom. The van der Waals surface area contributed by atoms with E-state index in [0.29, 0.717) is 5.56 Å². The molecule has 3 aromatic rings. The van der Waals surface area contributed by atoms with E-state index in [2.05, 4.69) is 35.9 Å². The lowest BCUT2D eigenvalue weighted by atomic mass is 10.0. The van der Waals surface area contributed by atoms with Gasteiger partial charge in [0.2, 0.25) is 0 Å². The summed E-state index contributed by atoms with van der Waals surface area (Å²) in [5.41, 5.74) is 9.65. The predicted octanol–water partition coefficient (Wildman–Crippen LogP) is 3.93. The first kappa shape index (κ1) is 16.0. The van der Waals surface area contributed by atoms with Crippen LogP contribution in [0.4, 0.5) is 5.69 Å². The van der Waals surface area contributed by atoms with Crippen molar-refractivity contribution in [2.75, 3.05) is 4.90 Å². The second kappa shape index (κ2) is 6.71. The number of nitrogens with one attached hydrogen (secondary N) is 1. The van der Waals surface area contributed by atoms with Crippen LogP contribution in [0.5, 0.6) is 0 Å². The van der Waals surface area contributed by atoms with Gasteiger partial charge in [0.05, 0.1) is 16.8 Å². The van der Waals surface area contributed by atoms with Crippen LogP contribution in [-0.4, -0.2) is 16.9 Å². The number of nitrogens with two attached hydrogens (primary N) is 1. The van der Waals surface area contributed by atoms with Gasteiger partial charge in [-0.15, -0.1) is 0 Å². The third-order valence-corrected chi connectivity index (χ3v) is 4.14. The molecule has 0 radical (unpaired) electrons. The number of para-hydroxylation sites is 1. The minimum absolute atomic E-state index is 0.0435. The van der Waals surface area contributed by atoms with Gasteiger partial charge in [0.1, 0.15) is 5.84 Å². The summed E-state index contributed by atoms with van der Waals surface area (Å²) in [7, 11) is 0. The van der Waals surface area contributed by atoms with Gasteiger partial charge in [0, 0.05) is 24.2 Å². The molecule has 4 heteroatoms. The molecule has 0 saturated carbocycles. The fourth-order valence-corrected chi connectivity index (χ4v) is 2.93. The molecule has 0 atom stereocenters. The zero-order valence-electron chi connectivity index (χ0n) is 14.0. The van der Waals surface area contributed by atoms with Crippen molar-refractivity contribution in [3.63, 3.8) is 0 Å². The van der Waals surface area contributed by atoms with Gasteiger partial charge in [-0.3, -0.25) is 10.4 Å². The van der Waals surface area contributed by atoms with Gasteiger partial charge < -0.3 is 10.6 Å². The zero-order valence-corrected chi connectivity index (χ0v) is 14.0. The fraction of sp³-hybridized carbons (Fsp3) is 0.200. The summed E-state index contributed by atoms with van der Waals surface area (Å²) in [5, 5.41) is 9.00. The standard InChI is InChI=1S/C20H22N4/c1-14(2)24(13-15-8-4-3-5-9-15)19-16-10-6-7-11-18(16)23-12-17(19)20(21)22/h3-12,14H,13H2,1-2H3,(H3,21,22). The SMILES string of the molecule is CC(C)N(Cc1ccccc1)c1c(C(=N)N)cnc2ccccc12. The molecule has 3 rings (SSSR count). The molecule has 0 aliphatic carbocycles. The minimum atomic E-state index is 0.0435. The summed E-state index contributed by atoms with van der Waals surface area (Å²) < 4.78 is 0. The maximum atomic E-state index is 7.98. The Kier molecular flexibility index (Phi) is 4.47. The number of pyridine rings is 1. The van der Waals surface area contributed by atoms with Crippen LogP contribution in [0.2, 0.25) is 0 Å². The lowest BCUT2D eigenvalue weighted by Gasteiger charge is -2.32. The molecule has 1 aromatic heterocycles. The highest BCUT2D eigenvalue weighted by Crippen LogP contribution is 2.32. The van der Waals surface area contributed by atoms with E-state index in [1.807, 2.05) is 42.5 Å². The number of nitrogens with zero attached hydrogens (tertiary/aromatic N) is 2. The van der Waals surface area contributed by atoms with E-state index in [1.54, 1.807) is 6.20 Å². The van der Waals surface area contributed by atoms with Gasteiger partial charge in [0.15, 0.2) is 0 Å². The van der Waals surface area contributed by atoms with Crippen molar-refractivity contribution in [2.24, 2.45) is 5.73 Å². The summed E-state index contributed by atoms with van der Waals surface area (Å²) in [6, 6.07) is 18.6. The van der Waals surface area contributed by atoms with Crippen molar-refractivity contribution in [2.45, 2.75) is 26.4 Å². The minimum Gasteiger partial charge on any atom is -0.384 e. The van der Waals surface area contributed by atoms with Crippen LogP contribution in [0.15, 0.2) is 60.8 Å². The maximum Gasteiger partial charge on any atom is 0.126 e. The van der Waals surface area contributed by atoms with Crippen molar-refractivity contribution >= 4 is 22.4 Å². The van der Waals surface area contributed by atoms with Gasteiger partial charge in [-0.05, 0) is 25.5 Å². The molecule has 3 N–H and O–H groups in total. The number of aromatic nitrogens is 1. The van der Waals surface area contributed by atoms with Crippen molar-refractivity contribution in [3.8, 4) is 0 Å². The second-order valence-corrected chi connectivity index (χ2v) is 6.16. The van der Waals surface area contributed by atoms with Gasteiger partial charge in [-0.1, -0.05) is 48.5 Å². The maximum absolute atomic E-state index is 7.98. The van der Waals surface area contributed by atoms with E-state index in [9.17, 15) is 0 Å². The molecule has 0 aliphatic rings. The average molecular weight is 318 g/mol. The highest BCUT2D eigenvalue weighted by Gasteiger charge is 2.20. The summed E-state index contributed by atoms with van der Waals surface area (Å²) in [6.45, 7) is 5.07. The molecule has 0 fully saturated rings. The van der Waals surface area contributed by atoms with E-state index >= 15 is 0 Å². The molecule has 0 spiro atoms. The lowest BCUT2D eigenvalue weighted by Crippen LogP contribution is -2.32. The first-order chi connectivity index (χ1) is 11.6. The molecule has 0 bridgehead atoms. The third-order valence-electron chi connectivity index (χ3n) is 4.14. The number of hydrogen-bond donors (Lipinski definition) is 2. The van der Waals surface area contributed by atoms with Crippen molar-refractivity contribution in [1.82, 2.24) is 4.98 Å². The number of fused-ring (bicyclic) bond motifs is 1. The molecule has 0 aliphatic heterocycles. The highest BCUT2D eigenvalue weighted by atomic mass is 15.2. The van der Waals surface area contributed by atoms with Gasteiger partial charge in [-0.2, -0.15) is 0 Å². The summed E-state index contributed by atoms with van der Waals surface area (Å²) >= 11 is 0. The van der Waals surface area contributed by atoms with E-state index in [0.717, 1.165) is 23.1 Å². The second-order valence-electron chi connectivity index (χ2n) is 6.16. The Hall–Kier alpha value is -2.88. The molecule has 0 amide bonds. The normalized spacial score (nSPS) is 11.0. The van der Waals surface area contributed by atoms with E-state index in [1.165, 1.54) is 5.56 Å². The number of benzene rings is 2. The summed E-state index contributed by atoms with van der Waals surface area (Å²) in [5.74, 6) is 0.0435. The van der Waals surface area contributed by atoms with Crippen LogP contribution < -0.4 is 10.6 Å². The van der Waals surface area contributed by atoms with Crippen LogP contribution in [0.3, 0.4) is 0 Å². The van der Waals surface area contributed by atoms with E-state index < -0.39 is 0 Å². The Morgan fingerprint density at radius 2 is 1.75 bits per heavy atom. The Labute approximate surface area is 142 Å². The third kappa shape index (κ3) is 3.08. The van der Waals surface area contributed by atoms with Gasteiger partial charge in [0.25, 0.3) is 0 Å². The van der Waals surface area contributed by atoms with Gasteiger partial charge >= 0.3 is 0 Å². The molecule has 0 saturated heterocycles. The molecular formula is C20H22N4. The first-order valence-electron chi connectivity index (χ1n) is 8.10. The quantitative estimate of drug-likeness (QED) is 0.553. The highest BCUT2D eigenvalue weighted by molar-refractivity contribution is 6.07. The zero-order chi connectivity index (χ0) is 17.1. The van der Waals surface area contributed by atoms with Gasteiger partial charge in [-0.25, -0.2) is 0 Å². The largest absolute Gasteiger partial charge is 0.384 e. The Balaban J connectivity index is 2.19. The number of hydrogen-bond acceptors (Lipinski definition) is 3. The first-order valence-corrected chi connectivity index (χ1v) is 8.10. The predicted molar refractivity (Wildman–Crippen MR) is 101 cm³/mol. The number of amidine groups is 1. The number of anilines is 1. The molecule has 4 nitrogen and oxygen atoms in total. The molecule has 2 aromatic carbocycles. The van der Waals surface area contributed by atoms with Crippen LogP contribution in [0, 0.1) is 5.41 Å². The summed E-state index contributed by atoms with van der Waals surface area (Å²) in [4.78, 5) is 6.75. The van der Waals surface area contributed by atoms with E-state index in [4.69, 9.17) is 11.1 Å². The monoisotopic (exact) mass is 318 g/mol. The Morgan fingerprint density at radius 3 is 2.42 bits per heavy atom. The lowest BCUT2D eigenvalue weighted by molar-refractivity contribution is 0.684. The van der Waals surface area contributed by atoms with Crippen LogP contribution in [-0.2, 0) is 6.54 Å². The molecule has 24 heavy (non-hydrogen) atoms. The van der Waals surface area contributed by atoms with Crippen LogP contribution >= 0.6 is 0 Å². The topological polar surface area (TPSA) is 66.0 Å². The molecular weight excluding hydrogens is 296 g/mol. The molecule has 1 heterocycles. The smallest absolute Gasteiger partial charge is 0.126 e. The Bertz CT molecular complexity index is 856. The van der Waals surface area contributed by atoms with Crippen molar-refractivity contribution < 1.29 is 0 Å². The molecule has 122 valence electrons. The average Bonchev–Trinajstić information content (AvgIpc) is 2.59. The van der Waals surface area contributed by atoms with Crippen molar-refractivity contribution in [1.29, 1.82) is 5.41 Å². The van der Waals surface area contributed by atoms with E-state index in [-0.39, 0.29) is 11.9 Å². The van der Waals surface area contributed by atoms with Crippen LogP contribution in [0.1, 0.15) is 25.0 Å². The summed E-state index contributed by atoms with van der Waals surface area (Å²) in [6.07, 6.45) is 1.71. The number of nitrogen functional groups attached to an aromatic ring is 1. The number of rotatable bonds is 5. The van der Waals surface area contributed by atoms with Crippen LogP contribution in [0.25, 0.3) is 10.9 Å². The molecule has 0 unspecified atom stereocenters.